The van der Waals surface area contributed by atoms with Crippen LogP contribution in [-0.2, 0) is 9.59 Å². The van der Waals surface area contributed by atoms with E-state index in [-0.39, 0.29) is 18.4 Å². The Labute approximate surface area is 146 Å². The molecule has 0 aliphatic heterocycles. The third-order valence-electron chi connectivity index (χ3n) is 4.13. The molecule has 0 fully saturated rings. The molecule has 1 aromatic rings. The van der Waals surface area contributed by atoms with Crippen LogP contribution in [0, 0.1) is 6.92 Å². The summed E-state index contributed by atoms with van der Waals surface area (Å²) in [5, 5.41) is 2.86. The Balaban J connectivity index is 2.92. The maximum Gasteiger partial charge on any atom is 0.240 e. The number of anilines is 2. The Bertz CT molecular complexity index is 554. The molecule has 1 N–H and O–H groups in total. The molecule has 24 heavy (non-hydrogen) atoms. The first-order chi connectivity index (χ1) is 11.4. The van der Waals surface area contributed by atoms with E-state index in [2.05, 4.69) is 37.1 Å². The van der Waals surface area contributed by atoms with E-state index in [0.717, 1.165) is 42.9 Å². The van der Waals surface area contributed by atoms with Crippen LogP contribution in [0.25, 0.3) is 0 Å². The lowest BCUT2D eigenvalue weighted by molar-refractivity contribution is -0.123. The number of amides is 2. The third kappa shape index (κ3) is 5.55. The van der Waals surface area contributed by atoms with E-state index < -0.39 is 0 Å². The summed E-state index contributed by atoms with van der Waals surface area (Å²) in [5.74, 6) is -0.245. The SMILES string of the molecule is CCCCNC(=O)CN(C(C)=O)c1ccc(N(CC)CC)cc1C. The smallest absolute Gasteiger partial charge is 0.240 e. The molecule has 0 aliphatic rings. The topological polar surface area (TPSA) is 52.7 Å². The van der Waals surface area contributed by atoms with Gasteiger partial charge in [-0.25, -0.2) is 0 Å². The third-order valence-corrected chi connectivity index (χ3v) is 4.13. The number of nitrogens with zero attached hydrogens (tertiary/aromatic N) is 2. The van der Waals surface area contributed by atoms with E-state index in [9.17, 15) is 9.59 Å². The summed E-state index contributed by atoms with van der Waals surface area (Å²) in [6.45, 7) is 12.4. The zero-order valence-electron chi connectivity index (χ0n) is 15.7. The minimum Gasteiger partial charge on any atom is -0.372 e. The Morgan fingerprint density at radius 2 is 1.79 bits per heavy atom. The van der Waals surface area contributed by atoms with Crippen molar-refractivity contribution in [2.24, 2.45) is 0 Å². The lowest BCUT2D eigenvalue weighted by Crippen LogP contribution is -2.40. The minimum absolute atomic E-state index is 0.0600. The van der Waals surface area contributed by atoms with Gasteiger partial charge in [0.15, 0.2) is 0 Å². The van der Waals surface area contributed by atoms with E-state index in [4.69, 9.17) is 0 Å². The number of carbonyl (C=O) groups excluding carboxylic acids is 2. The summed E-state index contributed by atoms with van der Waals surface area (Å²) in [5.41, 5.74) is 2.93. The van der Waals surface area contributed by atoms with Crippen LogP contribution < -0.4 is 15.1 Å². The lowest BCUT2D eigenvalue weighted by Gasteiger charge is -2.26. The predicted molar refractivity (Wildman–Crippen MR) is 101 cm³/mol. The molecular formula is C19H31N3O2. The van der Waals surface area contributed by atoms with E-state index in [0.29, 0.717) is 6.54 Å². The summed E-state index contributed by atoms with van der Waals surface area (Å²) in [6.07, 6.45) is 1.98. The van der Waals surface area contributed by atoms with E-state index in [1.165, 1.54) is 6.92 Å². The van der Waals surface area contributed by atoms with Crippen molar-refractivity contribution < 1.29 is 9.59 Å². The fourth-order valence-corrected chi connectivity index (χ4v) is 2.70. The molecule has 1 aromatic carbocycles. The second-order valence-electron chi connectivity index (χ2n) is 5.95. The zero-order chi connectivity index (χ0) is 18.1. The molecule has 0 saturated heterocycles. The molecule has 0 aromatic heterocycles. The molecule has 1 rings (SSSR count). The number of hydrogen-bond donors (Lipinski definition) is 1. The van der Waals surface area contributed by atoms with Gasteiger partial charge in [-0.1, -0.05) is 13.3 Å². The highest BCUT2D eigenvalue weighted by Crippen LogP contribution is 2.26. The van der Waals surface area contributed by atoms with Gasteiger partial charge in [-0.2, -0.15) is 0 Å². The fourth-order valence-electron chi connectivity index (χ4n) is 2.70. The van der Waals surface area contributed by atoms with Gasteiger partial charge in [-0.3, -0.25) is 9.59 Å². The molecule has 0 saturated carbocycles. The van der Waals surface area contributed by atoms with Gasteiger partial charge < -0.3 is 15.1 Å². The maximum absolute atomic E-state index is 12.1. The quantitative estimate of drug-likeness (QED) is 0.707. The number of rotatable bonds is 9. The van der Waals surface area contributed by atoms with Crippen molar-refractivity contribution in [2.75, 3.05) is 36.0 Å². The first-order valence-electron chi connectivity index (χ1n) is 8.84. The molecule has 0 atom stereocenters. The molecule has 5 nitrogen and oxygen atoms in total. The van der Waals surface area contributed by atoms with Gasteiger partial charge in [0.2, 0.25) is 11.8 Å². The number of nitrogens with one attached hydrogen (secondary N) is 1. The molecular weight excluding hydrogens is 302 g/mol. The molecule has 0 radical (unpaired) electrons. The van der Waals surface area contributed by atoms with Crippen LogP contribution >= 0.6 is 0 Å². The largest absolute Gasteiger partial charge is 0.372 e. The number of unbranched alkanes of at least 4 members (excludes halogenated alkanes) is 1. The first kappa shape index (κ1) is 20.0. The molecule has 0 bridgehead atoms. The maximum atomic E-state index is 12.1. The Kier molecular flexibility index (Phi) is 8.30. The lowest BCUT2D eigenvalue weighted by atomic mass is 10.1. The average molecular weight is 333 g/mol. The summed E-state index contributed by atoms with van der Waals surface area (Å²) in [7, 11) is 0. The average Bonchev–Trinajstić information content (AvgIpc) is 2.54. The molecule has 2 amide bonds. The van der Waals surface area contributed by atoms with Gasteiger partial charge in [0, 0.05) is 37.9 Å². The monoisotopic (exact) mass is 333 g/mol. The summed E-state index contributed by atoms with van der Waals surface area (Å²) >= 11 is 0. The van der Waals surface area contributed by atoms with Crippen LogP contribution in [0.1, 0.15) is 46.1 Å². The normalized spacial score (nSPS) is 10.4. The molecule has 5 heteroatoms. The Morgan fingerprint density at radius 1 is 1.12 bits per heavy atom. The number of aryl methyl sites for hydroxylation is 1. The predicted octanol–water partition coefficient (Wildman–Crippen LogP) is 3.11. The molecule has 134 valence electrons. The minimum atomic E-state index is -0.126. The van der Waals surface area contributed by atoms with Crippen molar-refractivity contribution in [3.63, 3.8) is 0 Å². The van der Waals surface area contributed by atoms with Gasteiger partial charge in [0.1, 0.15) is 6.54 Å². The standard InChI is InChI=1S/C19H31N3O2/c1-6-9-12-20-19(24)14-22(16(5)23)18-11-10-17(13-15(18)4)21(7-2)8-3/h10-11,13H,6-9,12,14H2,1-5H3,(H,20,24). The summed E-state index contributed by atoms with van der Waals surface area (Å²) in [6, 6.07) is 6.03. The van der Waals surface area contributed by atoms with Crippen LogP contribution in [0.5, 0.6) is 0 Å². The van der Waals surface area contributed by atoms with Crippen molar-refractivity contribution in [2.45, 2.75) is 47.5 Å². The summed E-state index contributed by atoms with van der Waals surface area (Å²) < 4.78 is 0. The second-order valence-corrected chi connectivity index (χ2v) is 5.95. The Hall–Kier alpha value is -2.04. The number of carbonyl (C=O) groups is 2. The van der Waals surface area contributed by atoms with Crippen molar-refractivity contribution in [1.82, 2.24) is 5.32 Å². The first-order valence-corrected chi connectivity index (χ1v) is 8.84. The van der Waals surface area contributed by atoms with Gasteiger partial charge in [0.05, 0.1) is 0 Å². The molecule has 0 aliphatic carbocycles. The molecule has 0 spiro atoms. The van der Waals surface area contributed by atoms with Crippen molar-refractivity contribution in [3.8, 4) is 0 Å². The van der Waals surface area contributed by atoms with Crippen LogP contribution in [0.2, 0.25) is 0 Å². The van der Waals surface area contributed by atoms with Crippen molar-refractivity contribution in [1.29, 1.82) is 0 Å². The highest BCUT2D eigenvalue weighted by molar-refractivity contribution is 5.98. The zero-order valence-corrected chi connectivity index (χ0v) is 15.7. The number of benzene rings is 1. The summed E-state index contributed by atoms with van der Waals surface area (Å²) in [4.78, 5) is 27.9. The Morgan fingerprint density at radius 3 is 2.29 bits per heavy atom. The van der Waals surface area contributed by atoms with Crippen molar-refractivity contribution >= 4 is 23.2 Å². The van der Waals surface area contributed by atoms with E-state index >= 15 is 0 Å². The fraction of sp³-hybridized carbons (Fsp3) is 0.579. The van der Waals surface area contributed by atoms with Crippen molar-refractivity contribution in [3.05, 3.63) is 23.8 Å². The van der Waals surface area contributed by atoms with E-state index in [1.54, 1.807) is 4.90 Å². The highest BCUT2D eigenvalue weighted by Gasteiger charge is 2.18. The highest BCUT2D eigenvalue weighted by atomic mass is 16.2. The van der Waals surface area contributed by atoms with Crippen LogP contribution in [0.4, 0.5) is 11.4 Å². The number of hydrogen-bond acceptors (Lipinski definition) is 3. The van der Waals surface area contributed by atoms with Crippen LogP contribution in [-0.4, -0.2) is 38.0 Å². The van der Waals surface area contributed by atoms with Gasteiger partial charge >= 0.3 is 0 Å². The van der Waals surface area contributed by atoms with Gasteiger partial charge in [0.25, 0.3) is 0 Å². The van der Waals surface area contributed by atoms with Crippen LogP contribution in [0.3, 0.4) is 0 Å². The molecule has 0 unspecified atom stereocenters. The molecule has 0 heterocycles. The van der Waals surface area contributed by atoms with Crippen LogP contribution in [0.15, 0.2) is 18.2 Å². The van der Waals surface area contributed by atoms with Gasteiger partial charge in [-0.15, -0.1) is 0 Å². The van der Waals surface area contributed by atoms with E-state index in [1.807, 2.05) is 19.1 Å². The van der Waals surface area contributed by atoms with Gasteiger partial charge in [-0.05, 0) is 51.0 Å². The second kappa shape index (κ2) is 9.96.